The van der Waals surface area contributed by atoms with E-state index in [-0.39, 0.29) is 29.2 Å². The number of carbonyl (C=O) groups excluding carboxylic acids is 3. The van der Waals surface area contributed by atoms with Gasteiger partial charge in [-0.3, -0.25) is 19.3 Å². The molecule has 2 atom stereocenters. The fourth-order valence-electron chi connectivity index (χ4n) is 3.90. The van der Waals surface area contributed by atoms with E-state index >= 15 is 0 Å². The van der Waals surface area contributed by atoms with Crippen molar-refractivity contribution in [2.75, 3.05) is 10.2 Å². The highest BCUT2D eigenvalue weighted by atomic mass is 16.4. The SMILES string of the molecule is Cc1ccc(C(=O)O)cc1NC(=O)c1ccc(N2C(=O)[C@H]3CC=CC[C@@H]3C2=O)cc1. The van der Waals surface area contributed by atoms with Crippen molar-refractivity contribution in [3.05, 3.63) is 71.3 Å². The molecular weight excluding hydrogens is 384 g/mol. The van der Waals surface area contributed by atoms with Gasteiger partial charge in [0.25, 0.3) is 5.91 Å². The first kappa shape index (κ1) is 19.6. The molecule has 0 spiro atoms. The van der Waals surface area contributed by atoms with Crippen LogP contribution < -0.4 is 10.2 Å². The summed E-state index contributed by atoms with van der Waals surface area (Å²) < 4.78 is 0. The zero-order valence-corrected chi connectivity index (χ0v) is 16.3. The first-order chi connectivity index (χ1) is 14.4. The Morgan fingerprint density at radius 2 is 1.50 bits per heavy atom. The van der Waals surface area contributed by atoms with E-state index in [1.807, 2.05) is 12.2 Å². The second-order valence-electron chi connectivity index (χ2n) is 7.50. The van der Waals surface area contributed by atoms with Crippen molar-refractivity contribution in [2.24, 2.45) is 11.8 Å². The fourth-order valence-corrected chi connectivity index (χ4v) is 3.90. The molecule has 1 saturated heterocycles. The molecule has 30 heavy (non-hydrogen) atoms. The number of carboxylic acids is 1. The third kappa shape index (κ3) is 3.39. The number of imide groups is 1. The van der Waals surface area contributed by atoms with E-state index in [4.69, 9.17) is 5.11 Å². The van der Waals surface area contributed by atoms with Crippen molar-refractivity contribution in [1.82, 2.24) is 0 Å². The lowest BCUT2D eigenvalue weighted by Crippen LogP contribution is -2.30. The number of hydrogen-bond donors (Lipinski definition) is 2. The van der Waals surface area contributed by atoms with Gasteiger partial charge >= 0.3 is 5.97 Å². The fraction of sp³-hybridized carbons (Fsp3) is 0.217. The lowest BCUT2D eigenvalue weighted by Gasteiger charge is -2.15. The van der Waals surface area contributed by atoms with Crippen LogP contribution in [0.25, 0.3) is 0 Å². The van der Waals surface area contributed by atoms with Gasteiger partial charge in [0.15, 0.2) is 0 Å². The first-order valence-electron chi connectivity index (χ1n) is 9.65. The number of aromatic carboxylic acids is 1. The van der Waals surface area contributed by atoms with E-state index in [9.17, 15) is 19.2 Å². The molecule has 1 aliphatic heterocycles. The molecule has 7 heteroatoms. The summed E-state index contributed by atoms with van der Waals surface area (Å²) in [6.45, 7) is 1.77. The number of carbonyl (C=O) groups is 4. The minimum absolute atomic E-state index is 0.0771. The van der Waals surface area contributed by atoms with E-state index < -0.39 is 11.9 Å². The zero-order valence-electron chi connectivity index (χ0n) is 16.3. The Hall–Kier alpha value is -3.74. The average molecular weight is 404 g/mol. The average Bonchev–Trinajstić information content (AvgIpc) is 3.00. The molecule has 1 aliphatic carbocycles. The first-order valence-corrected chi connectivity index (χ1v) is 9.65. The highest BCUT2D eigenvalue weighted by molar-refractivity contribution is 6.22. The van der Waals surface area contributed by atoms with Crippen LogP contribution in [-0.4, -0.2) is 28.8 Å². The standard InChI is InChI=1S/C23H20N2O5/c1-13-6-7-15(23(29)30)12-19(13)24-20(26)14-8-10-16(11-9-14)25-21(27)17-4-2-3-5-18(17)22(25)28/h2-3,6-12,17-18H,4-5H2,1H3,(H,24,26)(H,29,30)/t17-,18-/m0/s1. The smallest absolute Gasteiger partial charge is 0.335 e. The number of carboxylic acid groups (broad SMARTS) is 1. The summed E-state index contributed by atoms with van der Waals surface area (Å²) in [5, 5.41) is 11.8. The molecule has 0 saturated carbocycles. The summed E-state index contributed by atoms with van der Waals surface area (Å²) in [6.07, 6.45) is 5.01. The zero-order chi connectivity index (χ0) is 21.4. The number of nitrogens with one attached hydrogen (secondary N) is 1. The van der Waals surface area contributed by atoms with Crippen LogP contribution in [0, 0.1) is 18.8 Å². The predicted molar refractivity (Wildman–Crippen MR) is 110 cm³/mol. The normalized spacial score (nSPS) is 20.2. The van der Waals surface area contributed by atoms with E-state index in [0.29, 0.717) is 29.8 Å². The largest absolute Gasteiger partial charge is 0.478 e. The molecule has 0 radical (unpaired) electrons. The van der Waals surface area contributed by atoms with Gasteiger partial charge in [-0.15, -0.1) is 0 Å². The Balaban J connectivity index is 1.52. The van der Waals surface area contributed by atoms with Crippen molar-refractivity contribution in [3.8, 4) is 0 Å². The van der Waals surface area contributed by atoms with Crippen molar-refractivity contribution >= 4 is 35.1 Å². The Morgan fingerprint density at radius 1 is 0.933 bits per heavy atom. The summed E-state index contributed by atoms with van der Waals surface area (Å²) in [6, 6.07) is 10.7. The molecule has 1 heterocycles. The highest BCUT2D eigenvalue weighted by Gasteiger charge is 2.47. The van der Waals surface area contributed by atoms with Crippen LogP contribution >= 0.6 is 0 Å². The summed E-state index contributed by atoms with van der Waals surface area (Å²) in [7, 11) is 0. The van der Waals surface area contributed by atoms with Gasteiger partial charge in [0.2, 0.25) is 11.8 Å². The van der Waals surface area contributed by atoms with Gasteiger partial charge in [-0.1, -0.05) is 18.2 Å². The predicted octanol–water partition coefficient (Wildman–Crippen LogP) is 3.40. The Kier molecular flexibility index (Phi) is 4.95. The molecule has 2 N–H and O–H groups in total. The van der Waals surface area contributed by atoms with Crippen LogP contribution in [0.15, 0.2) is 54.6 Å². The Bertz CT molecular complexity index is 1060. The van der Waals surface area contributed by atoms with Gasteiger partial charge in [0, 0.05) is 11.3 Å². The number of anilines is 2. The van der Waals surface area contributed by atoms with Crippen LogP contribution in [0.5, 0.6) is 0 Å². The molecule has 0 aromatic heterocycles. The maximum Gasteiger partial charge on any atom is 0.335 e. The van der Waals surface area contributed by atoms with Crippen LogP contribution in [0.4, 0.5) is 11.4 Å². The minimum Gasteiger partial charge on any atom is -0.478 e. The molecule has 7 nitrogen and oxygen atoms in total. The maximum absolute atomic E-state index is 12.7. The van der Waals surface area contributed by atoms with Crippen LogP contribution in [-0.2, 0) is 9.59 Å². The van der Waals surface area contributed by atoms with E-state index in [1.165, 1.54) is 17.0 Å². The second-order valence-corrected chi connectivity index (χ2v) is 7.50. The number of amides is 3. The molecule has 2 aromatic rings. The second kappa shape index (κ2) is 7.59. The van der Waals surface area contributed by atoms with Crippen LogP contribution in [0.1, 0.15) is 39.1 Å². The number of rotatable bonds is 4. The summed E-state index contributed by atoms with van der Waals surface area (Å²) >= 11 is 0. The van der Waals surface area contributed by atoms with Crippen molar-refractivity contribution in [1.29, 1.82) is 0 Å². The number of nitrogens with zero attached hydrogens (tertiary/aromatic N) is 1. The quantitative estimate of drug-likeness (QED) is 0.600. The lowest BCUT2D eigenvalue weighted by atomic mass is 9.85. The van der Waals surface area contributed by atoms with Gasteiger partial charge in [-0.05, 0) is 61.7 Å². The number of benzene rings is 2. The summed E-state index contributed by atoms with van der Waals surface area (Å²) in [5.41, 5.74) is 1.99. The van der Waals surface area contributed by atoms with Gasteiger partial charge in [-0.25, -0.2) is 4.79 Å². The molecule has 152 valence electrons. The summed E-state index contributed by atoms with van der Waals surface area (Å²) in [5.74, 6) is -2.51. The van der Waals surface area contributed by atoms with E-state index in [2.05, 4.69) is 5.32 Å². The lowest BCUT2D eigenvalue weighted by molar-refractivity contribution is -0.122. The number of hydrogen-bond acceptors (Lipinski definition) is 4. The number of aryl methyl sites for hydroxylation is 1. The van der Waals surface area contributed by atoms with E-state index in [1.54, 1.807) is 37.3 Å². The van der Waals surface area contributed by atoms with Crippen LogP contribution in [0.2, 0.25) is 0 Å². The third-order valence-electron chi connectivity index (χ3n) is 5.63. The van der Waals surface area contributed by atoms with Crippen molar-refractivity contribution in [3.63, 3.8) is 0 Å². The van der Waals surface area contributed by atoms with Gasteiger partial charge < -0.3 is 10.4 Å². The third-order valence-corrected chi connectivity index (χ3v) is 5.63. The minimum atomic E-state index is -1.08. The summed E-state index contributed by atoms with van der Waals surface area (Å²) in [4.78, 5) is 50.3. The van der Waals surface area contributed by atoms with Crippen molar-refractivity contribution < 1.29 is 24.3 Å². The molecular formula is C23H20N2O5. The maximum atomic E-state index is 12.7. The Morgan fingerprint density at radius 3 is 2.07 bits per heavy atom. The molecule has 3 amide bonds. The molecule has 1 fully saturated rings. The van der Waals surface area contributed by atoms with Crippen molar-refractivity contribution in [2.45, 2.75) is 19.8 Å². The highest BCUT2D eigenvalue weighted by Crippen LogP contribution is 2.37. The molecule has 2 aromatic carbocycles. The van der Waals surface area contributed by atoms with Gasteiger partial charge in [-0.2, -0.15) is 0 Å². The Labute approximate surface area is 173 Å². The molecule has 0 unspecified atom stereocenters. The number of allylic oxidation sites excluding steroid dienone is 2. The number of fused-ring (bicyclic) bond motifs is 1. The van der Waals surface area contributed by atoms with E-state index in [0.717, 1.165) is 5.56 Å². The van der Waals surface area contributed by atoms with Gasteiger partial charge in [0.05, 0.1) is 23.1 Å². The molecule has 4 rings (SSSR count). The molecule has 0 bridgehead atoms. The van der Waals surface area contributed by atoms with Crippen LogP contribution in [0.3, 0.4) is 0 Å². The van der Waals surface area contributed by atoms with Gasteiger partial charge in [0.1, 0.15) is 0 Å². The molecule has 2 aliphatic rings. The monoisotopic (exact) mass is 404 g/mol. The topological polar surface area (TPSA) is 104 Å².